The van der Waals surface area contributed by atoms with Gasteiger partial charge in [-0.25, -0.2) is 14.8 Å². The zero-order valence-corrected chi connectivity index (χ0v) is 22.0. The summed E-state index contributed by atoms with van der Waals surface area (Å²) in [5.74, 6) is 2.35. The van der Waals surface area contributed by atoms with Crippen molar-refractivity contribution in [2.24, 2.45) is 0 Å². The Morgan fingerprint density at radius 1 is 1.19 bits per heavy atom. The van der Waals surface area contributed by atoms with Crippen LogP contribution in [-0.4, -0.2) is 42.0 Å². The van der Waals surface area contributed by atoms with Crippen molar-refractivity contribution < 1.29 is 19.1 Å². The summed E-state index contributed by atoms with van der Waals surface area (Å²) < 4.78 is 12.8. The smallest absolute Gasteiger partial charge is 0.328 e. The van der Waals surface area contributed by atoms with Gasteiger partial charge in [-0.2, -0.15) is 0 Å². The van der Waals surface area contributed by atoms with Crippen molar-refractivity contribution in [3.05, 3.63) is 59.4 Å². The van der Waals surface area contributed by atoms with Crippen molar-refractivity contribution >= 4 is 45.4 Å². The van der Waals surface area contributed by atoms with Gasteiger partial charge in [-0.3, -0.25) is 15.0 Å². The number of carbonyl (C=O) groups is 2. The van der Waals surface area contributed by atoms with Gasteiger partial charge in [0.2, 0.25) is 0 Å². The Bertz CT molecular complexity index is 1500. The van der Waals surface area contributed by atoms with Crippen LogP contribution in [0.1, 0.15) is 41.9 Å². The summed E-state index contributed by atoms with van der Waals surface area (Å²) in [7, 11) is 1.68. The van der Waals surface area contributed by atoms with Crippen molar-refractivity contribution in [2.75, 3.05) is 23.9 Å². The SMILES string of the molecule is COc1cc(C)cc2cc(-c3cnc(NC(=O)N4CCCc5ccc(C=O)nc54)cc3OC(C)C)sc12. The van der Waals surface area contributed by atoms with Crippen molar-refractivity contribution in [1.29, 1.82) is 0 Å². The number of carbonyl (C=O) groups excluding carboxylic acids is 2. The minimum atomic E-state index is -0.352. The third kappa shape index (κ3) is 4.99. The lowest BCUT2D eigenvalue weighted by atomic mass is 10.1. The highest BCUT2D eigenvalue weighted by Crippen LogP contribution is 2.42. The zero-order valence-electron chi connectivity index (χ0n) is 21.2. The molecule has 1 N–H and O–H groups in total. The van der Waals surface area contributed by atoms with Gasteiger partial charge in [0.25, 0.3) is 0 Å². The lowest BCUT2D eigenvalue weighted by molar-refractivity contribution is 0.111. The number of hydrogen-bond donors (Lipinski definition) is 1. The van der Waals surface area contributed by atoms with Gasteiger partial charge >= 0.3 is 6.03 Å². The molecule has 2 amide bonds. The first-order valence-corrected chi connectivity index (χ1v) is 13.0. The second-order valence-electron chi connectivity index (χ2n) is 9.25. The topological polar surface area (TPSA) is 93.7 Å². The number of anilines is 2. The van der Waals surface area contributed by atoms with Crippen molar-refractivity contribution in [3.8, 4) is 21.9 Å². The Hall–Kier alpha value is -3.98. The predicted molar refractivity (Wildman–Crippen MR) is 146 cm³/mol. The van der Waals surface area contributed by atoms with Gasteiger partial charge < -0.3 is 9.47 Å². The molecule has 0 radical (unpaired) electrons. The molecule has 3 aromatic heterocycles. The predicted octanol–water partition coefficient (Wildman–Crippen LogP) is 6.26. The summed E-state index contributed by atoms with van der Waals surface area (Å²) in [6, 6.07) is 11.2. The molecule has 4 heterocycles. The number of nitrogens with zero attached hydrogens (tertiary/aromatic N) is 3. The number of methoxy groups -OCH3 is 1. The molecule has 1 aromatic carbocycles. The van der Waals surface area contributed by atoms with E-state index in [4.69, 9.17) is 9.47 Å². The van der Waals surface area contributed by atoms with Crippen molar-refractivity contribution in [3.63, 3.8) is 0 Å². The van der Waals surface area contributed by atoms with E-state index in [0.717, 1.165) is 50.2 Å². The van der Waals surface area contributed by atoms with E-state index >= 15 is 0 Å². The number of urea groups is 1. The van der Waals surface area contributed by atoms with Gasteiger partial charge in [-0.05, 0) is 68.3 Å². The van der Waals surface area contributed by atoms with E-state index in [0.29, 0.717) is 35.9 Å². The number of hydrogen-bond acceptors (Lipinski definition) is 7. The number of aldehydes is 1. The first-order valence-electron chi connectivity index (χ1n) is 12.1. The van der Waals surface area contributed by atoms with Gasteiger partial charge in [-0.1, -0.05) is 12.1 Å². The fourth-order valence-corrected chi connectivity index (χ4v) is 5.63. The quantitative estimate of drug-likeness (QED) is 0.304. The number of amides is 2. The molecule has 0 saturated carbocycles. The molecule has 8 nitrogen and oxygen atoms in total. The van der Waals surface area contributed by atoms with Gasteiger partial charge in [0, 0.05) is 23.7 Å². The fourth-order valence-electron chi connectivity index (χ4n) is 4.48. The highest BCUT2D eigenvalue weighted by atomic mass is 32.1. The minimum Gasteiger partial charge on any atom is -0.495 e. The van der Waals surface area contributed by atoms with Gasteiger partial charge in [0.15, 0.2) is 6.29 Å². The Labute approximate surface area is 219 Å². The third-order valence-corrected chi connectivity index (χ3v) is 7.30. The van der Waals surface area contributed by atoms with Gasteiger partial charge in [0.1, 0.15) is 28.8 Å². The molecule has 4 aromatic rings. The normalized spacial score (nSPS) is 12.9. The average Bonchev–Trinajstić information content (AvgIpc) is 3.30. The molecule has 9 heteroatoms. The molecule has 0 spiro atoms. The second-order valence-corrected chi connectivity index (χ2v) is 10.3. The molecule has 0 fully saturated rings. The standard InChI is InChI=1S/C28H28N4O4S/c1-16(2)36-22-13-25(31-28(34)32-9-5-6-18-7-8-20(15-33)30-27(18)32)29-14-21(22)24-12-19-10-17(3)11-23(35-4)26(19)37-24/h7-8,10-16H,5-6,9H2,1-4H3,(H,29,31,34). The molecule has 0 atom stereocenters. The summed E-state index contributed by atoms with van der Waals surface area (Å²) in [5, 5.41) is 3.98. The summed E-state index contributed by atoms with van der Waals surface area (Å²) in [4.78, 5) is 35.9. The zero-order chi connectivity index (χ0) is 26.1. The van der Waals surface area contributed by atoms with Crippen LogP contribution in [0, 0.1) is 6.92 Å². The van der Waals surface area contributed by atoms with Crippen molar-refractivity contribution in [1.82, 2.24) is 9.97 Å². The summed E-state index contributed by atoms with van der Waals surface area (Å²) in [5.41, 5.74) is 3.20. The molecular formula is C28H28N4O4S. The van der Waals surface area contributed by atoms with E-state index < -0.39 is 0 Å². The molecule has 0 aliphatic carbocycles. The third-order valence-electron chi connectivity index (χ3n) is 6.10. The lowest BCUT2D eigenvalue weighted by Crippen LogP contribution is -2.39. The maximum atomic E-state index is 13.2. The largest absolute Gasteiger partial charge is 0.495 e. The maximum Gasteiger partial charge on any atom is 0.328 e. The number of nitrogens with one attached hydrogen (secondary N) is 1. The molecule has 37 heavy (non-hydrogen) atoms. The Morgan fingerprint density at radius 2 is 2.03 bits per heavy atom. The number of pyridine rings is 2. The number of ether oxygens (including phenoxy) is 2. The van der Waals surface area contributed by atoms with Crippen LogP contribution < -0.4 is 19.7 Å². The molecule has 5 rings (SSSR count). The number of benzene rings is 1. The summed E-state index contributed by atoms with van der Waals surface area (Å²) in [6.45, 7) is 6.47. The number of aromatic nitrogens is 2. The van der Waals surface area contributed by atoms with E-state index in [2.05, 4.69) is 27.4 Å². The molecule has 0 saturated heterocycles. The van der Waals surface area contributed by atoms with Crippen LogP contribution >= 0.6 is 11.3 Å². The first-order chi connectivity index (χ1) is 17.9. The van der Waals surface area contributed by atoms with Crippen LogP contribution in [0.25, 0.3) is 20.5 Å². The molecule has 0 unspecified atom stereocenters. The lowest BCUT2D eigenvalue weighted by Gasteiger charge is -2.28. The minimum absolute atomic E-state index is 0.0733. The van der Waals surface area contributed by atoms with Crippen molar-refractivity contribution in [2.45, 2.75) is 39.7 Å². The summed E-state index contributed by atoms with van der Waals surface area (Å²) >= 11 is 1.61. The van der Waals surface area contributed by atoms with Gasteiger partial charge in [0.05, 0.1) is 23.5 Å². The van der Waals surface area contributed by atoms with Crippen LogP contribution in [0.5, 0.6) is 11.5 Å². The molecule has 1 aliphatic rings. The second kappa shape index (κ2) is 10.2. The Kier molecular flexibility index (Phi) is 6.80. The molecule has 190 valence electrons. The fraction of sp³-hybridized carbons (Fsp3) is 0.286. The average molecular weight is 517 g/mol. The molecule has 0 bridgehead atoms. The monoisotopic (exact) mass is 516 g/mol. The van der Waals surface area contributed by atoms with Crippen LogP contribution in [0.4, 0.5) is 16.4 Å². The van der Waals surface area contributed by atoms with E-state index in [1.807, 2.05) is 32.9 Å². The van der Waals surface area contributed by atoms with Crippen LogP contribution in [-0.2, 0) is 6.42 Å². The first kappa shape index (κ1) is 24.7. The number of thiophene rings is 1. The molecular weight excluding hydrogens is 488 g/mol. The van der Waals surface area contributed by atoms with Crippen LogP contribution in [0.15, 0.2) is 42.6 Å². The van der Waals surface area contributed by atoms with E-state index in [-0.39, 0.29) is 12.1 Å². The number of rotatable bonds is 6. The van der Waals surface area contributed by atoms with E-state index in [1.165, 1.54) is 0 Å². The van der Waals surface area contributed by atoms with Crippen LogP contribution in [0.3, 0.4) is 0 Å². The Morgan fingerprint density at radius 3 is 2.78 bits per heavy atom. The highest BCUT2D eigenvalue weighted by Gasteiger charge is 2.25. The number of aryl methyl sites for hydroxylation is 2. The van der Waals surface area contributed by atoms with E-state index in [1.54, 1.807) is 41.7 Å². The van der Waals surface area contributed by atoms with Crippen LogP contribution in [0.2, 0.25) is 0 Å². The number of fused-ring (bicyclic) bond motifs is 2. The van der Waals surface area contributed by atoms with Gasteiger partial charge in [-0.15, -0.1) is 11.3 Å². The highest BCUT2D eigenvalue weighted by molar-refractivity contribution is 7.22. The van der Waals surface area contributed by atoms with E-state index in [9.17, 15) is 9.59 Å². The maximum absolute atomic E-state index is 13.2. The molecule has 1 aliphatic heterocycles. The Balaban J connectivity index is 1.47. The summed E-state index contributed by atoms with van der Waals surface area (Å²) in [6.07, 6.45) is 3.96.